The third-order valence-electron chi connectivity index (χ3n) is 4.17. The van der Waals surface area contributed by atoms with Gasteiger partial charge in [-0.15, -0.1) is 0 Å². The first-order valence-corrected chi connectivity index (χ1v) is 7.29. The smallest absolute Gasteiger partial charge is 0.133 e. The molecule has 2 N–H and O–H groups in total. The second-order valence-corrected chi connectivity index (χ2v) is 6.13. The molecule has 0 atom stereocenters. The number of anilines is 1. The number of hydrogen-bond donors (Lipinski definition) is 2. The molecule has 3 rings (SSSR count). The van der Waals surface area contributed by atoms with Gasteiger partial charge in [-0.05, 0) is 38.7 Å². The second-order valence-electron chi connectivity index (χ2n) is 6.13. The molecule has 2 fully saturated rings. The van der Waals surface area contributed by atoms with Crippen LogP contribution >= 0.6 is 0 Å². The molecular weight excluding hydrogens is 238 g/mol. The quantitative estimate of drug-likeness (QED) is 0.866. The number of hydrogen-bond acceptors (Lipinski definition) is 4. The van der Waals surface area contributed by atoms with Crippen molar-refractivity contribution in [3.05, 3.63) is 23.9 Å². The minimum atomic E-state index is -0.502. The summed E-state index contributed by atoms with van der Waals surface area (Å²) in [5.74, 6) is 1.09. The van der Waals surface area contributed by atoms with E-state index in [1.807, 2.05) is 19.2 Å². The molecule has 0 bridgehead atoms. The Morgan fingerprint density at radius 2 is 2.16 bits per heavy atom. The van der Waals surface area contributed by atoms with Crippen molar-refractivity contribution in [1.29, 1.82) is 0 Å². The Bertz CT molecular complexity index is 433. The molecule has 2 heterocycles. The van der Waals surface area contributed by atoms with Crippen LogP contribution in [-0.2, 0) is 6.54 Å². The third-order valence-corrected chi connectivity index (χ3v) is 4.17. The van der Waals surface area contributed by atoms with Gasteiger partial charge in [-0.1, -0.05) is 6.07 Å². The van der Waals surface area contributed by atoms with Crippen LogP contribution in [0.2, 0.25) is 0 Å². The zero-order chi connectivity index (χ0) is 13.3. The number of rotatable bonds is 4. The van der Waals surface area contributed by atoms with Crippen LogP contribution in [0.5, 0.6) is 0 Å². The first-order chi connectivity index (χ1) is 9.14. The molecule has 0 spiro atoms. The minimum Gasteiger partial charge on any atom is -0.390 e. The highest BCUT2D eigenvalue weighted by Crippen LogP contribution is 2.27. The van der Waals surface area contributed by atoms with Crippen LogP contribution < -0.4 is 10.2 Å². The number of piperidine rings is 1. The number of aromatic nitrogens is 1. The lowest BCUT2D eigenvalue weighted by molar-refractivity contribution is 0.0350. The average Bonchev–Trinajstić information content (AvgIpc) is 3.21. The lowest BCUT2D eigenvalue weighted by Gasteiger charge is -2.37. The summed E-state index contributed by atoms with van der Waals surface area (Å²) < 4.78 is 0. The van der Waals surface area contributed by atoms with E-state index in [9.17, 15) is 5.11 Å². The van der Waals surface area contributed by atoms with Gasteiger partial charge < -0.3 is 15.3 Å². The van der Waals surface area contributed by atoms with E-state index in [-0.39, 0.29) is 0 Å². The van der Waals surface area contributed by atoms with Crippen LogP contribution in [0, 0.1) is 0 Å². The first kappa shape index (κ1) is 12.9. The molecule has 1 aromatic heterocycles. The maximum absolute atomic E-state index is 10.0. The van der Waals surface area contributed by atoms with Crippen molar-refractivity contribution in [3.8, 4) is 0 Å². The second kappa shape index (κ2) is 5.10. The van der Waals surface area contributed by atoms with Gasteiger partial charge in [0, 0.05) is 37.4 Å². The largest absolute Gasteiger partial charge is 0.390 e. The zero-order valence-corrected chi connectivity index (χ0v) is 11.6. The number of pyridine rings is 1. The van der Waals surface area contributed by atoms with E-state index in [0.717, 1.165) is 44.3 Å². The van der Waals surface area contributed by atoms with E-state index in [0.29, 0.717) is 0 Å². The molecule has 1 aliphatic carbocycles. The van der Waals surface area contributed by atoms with Crippen LogP contribution in [0.3, 0.4) is 0 Å². The molecule has 0 radical (unpaired) electrons. The Kier molecular flexibility index (Phi) is 3.46. The molecule has 0 unspecified atom stereocenters. The fraction of sp³-hybridized carbons (Fsp3) is 0.667. The molecule has 19 heavy (non-hydrogen) atoms. The highest BCUT2D eigenvalue weighted by Gasteiger charge is 2.29. The molecule has 0 amide bonds. The third kappa shape index (κ3) is 3.25. The first-order valence-electron chi connectivity index (χ1n) is 7.29. The van der Waals surface area contributed by atoms with Crippen LogP contribution in [0.4, 0.5) is 5.82 Å². The van der Waals surface area contributed by atoms with Gasteiger partial charge in [0.1, 0.15) is 5.82 Å². The molecule has 0 aromatic carbocycles. The molecule has 1 saturated carbocycles. The topological polar surface area (TPSA) is 48.4 Å². The van der Waals surface area contributed by atoms with Gasteiger partial charge in [0.15, 0.2) is 0 Å². The monoisotopic (exact) mass is 261 g/mol. The van der Waals surface area contributed by atoms with Gasteiger partial charge >= 0.3 is 0 Å². The van der Waals surface area contributed by atoms with Crippen LogP contribution in [0.15, 0.2) is 18.3 Å². The fourth-order valence-electron chi connectivity index (χ4n) is 2.59. The average molecular weight is 261 g/mol. The maximum atomic E-state index is 10.0. The van der Waals surface area contributed by atoms with Gasteiger partial charge in [0.2, 0.25) is 0 Å². The molecule has 1 aromatic rings. The lowest BCUT2D eigenvalue weighted by atomic mass is 9.93. The van der Waals surface area contributed by atoms with Gasteiger partial charge in [-0.25, -0.2) is 4.98 Å². The van der Waals surface area contributed by atoms with Gasteiger partial charge in [-0.3, -0.25) is 0 Å². The summed E-state index contributed by atoms with van der Waals surface area (Å²) in [6.45, 7) is 4.61. The summed E-state index contributed by atoms with van der Waals surface area (Å²) in [5.41, 5.74) is 0.772. The molecule has 2 aliphatic rings. The Balaban J connectivity index is 1.69. The standard InChI is InChI=1S/C15H23N3O/c1-15(19)6-9-18(10-7-15)14-12(3-2-8-16-14)11-17-13-4-5-13/h2-3,8,13,17,19H,4-7,9-11H2,1H3. The summed E-state index contributed by atoms with van der Waals surface area (Å²) >= 11 is 0. The molecule has 104 valence electrons. The van der Waals surface area contributed by atoms with Gasteiger partial charge in [-0.2, -0.15) is 0 Å². The predicted octanol–water partition coefficient (Wildman–Crippen LogP) is 1.68. The van der Waals surface area contributed by atoms with Crippen molar-refractivity contribution < 1.29 is 5.11 Å². The number of aliphatic hydroxyl groups is 1. The molecule has 4 heteroatoms. The Hall–Kier alpha value is -1.13. The van der Waals surface area contributed by atoms with Crippen molar-refractivity contribution in [2.75, 3.05) is 18.0 Å². The van der Waals surface area contributed by atoms with Gasteiger partial charge in [0.05, 0.1) is 5.60 Å². The van der Waals surface area contributed by atoms with E-state index in [1.54, 1.807) is 0 Å². The summed E-state index contributed by atoms with van der Waals surface area (Å²) in [6, 6.07) is 4.88. The Morgan fingerprint density at radius 3 is 2.84 bits per heavy atom. The molecular formula is C15H23N3O. The van der Waals surface area contributed by atoms with E-state index in [2.05, 4.69) is 21.3 Å². The highest BCUT2D eigenvalue weighted by atomic mass is 16.3. The van der Waals surface area contributed by atoms with E-state index >= 15 is 0 Å². The summed E-state index contributed by atoms with van der Waals surface area (Å²) in [6.07, 6.45) is 6.12. The number of nitrogens with zero attached hydrogens (tertiary/aromatic N) is 2. The van der Waals surface area contributed by atoms with Crippen LogP contribution in [0.1, 0.15) is 38.2 Å². The SMILES string of the molecule is CC1(O)CCN(c2ncccc2CNC2CC2)CC1. The van der Waals surface area contributed by atoms with Crippen molar-refractivity contribution >= 4 is 5.82 Å². The van der Waals surface area contributed by atoms with E-state index < -0.39 is 5.60 Å². The summed E-state index contributed by atoms with van der Waals surface area (Å²) in [4.78, 5) is 6.86. The van der Waals surface area contributed by atoms with Crippen molar-refractivity contribution in [1.82, 2.24) is 10.3 Å². The van der Waals surface area contributed by atoms with E-state index in [1.165, 1.54) is 18.4 Å². The van der Waals surface area contributed by atoms with E-state index in [4.69, 9.17) is 0 Å². The predicted molar refractivity (Wildman–Crippen MR) is 76.2 cm³/mol. The minimum absolute atomic E-state index is 0.502. The Morgan fingerprint density at radius 1 is 1.42 bits per heavy atom. The molecule has 4 nitrogen and oxygen atoms in total. The zero-order valence-electron chi connectivity index (χ0n) is 11.6. The fourth-order valence-corrected chi connectivity index (χ4v) is 2.59. The van der Waals surface area contributed by atoms with Crippen molar-refractivity contribution in [3.63, 3.8) is 0 Å². The van der Waals surface area contributed by atoms with Crippen molar-refractivity contribution in [2.45, 2.75) is 50.8 Å². The molecule has 1 saturated heterocycles. The van der Waals surface area contributed by atoms with Crippen molar-refractivity contribution in [2.24, 2.45) is 0 Å². The normalized spacial score (nSPS) is 22.5. The van der Waals surface area contributed by atoms with Crippen LogP contribution in [-0.4, -0.2) is 34.8 Å². The highest BCUT2D eigenvalue weighted by molar-refractivity contribution is 5.47. The summed E-state index contributed by atoms with van der Waals surface area (Å²) in [5, 5.41) is 13.6. The lowest BCUT2D eigenvalue weighted by Crippen LogP contribution is -2.43. The molecule has 1 aliphatic heterocycles. The van der Waals surface area contributed by atoms with Gasteiger partial charge in [0.25, 0.3) is 0 Å². The maximum Gasteiger partial charge on any atom is 0.133 e. The number of nitrogens with one attached hydrogen (secondary N) is 1. The van der Waals surface area contributed by atoms with Crippen LogP contribution in [0.25, 0.3) is 0 Å². The summed E-state index contributed by atoms with van der Waals surface area (Å²) in [7, 11) is 0. The Labute approximate surface area is 114 Å².